The number of halogens is 4. The lowest BCUT2D eigenvalue weighted by Crippen LogP contribution is -2.03. The van der Waals surface area contributed by atoms with Crippen molar-refractivity contribution in [1.82, 2.24) is 0 Å². The van der Waals surface area contributed by atoms with Crippen LogP contribution < -0.4 is 0 Å². The van der Waals surface area contributed by atoms with Gasteiger partial charge >= 0.3 is 0 Å². The zero-order valence-electron chi connectivity index (χ0n) is 9.71. The minimum absolute atomic E-state index is 0.0478. The van der Waals surface area contributed by atoms with E-state index < -0.39 is 11.9 Å². The lowest BCUT2D eigenvalue weighted by molar-refractivity contribution is 0.178. The number of hydrogen-bond donors (Lipinski definition) is 1. The highest BCUT2D eigenvalue weighted by Gasteiger charge is 2.13. The van der Waals surface area contributed by atoms with Crippen LogP contribution in [0, 0.1) is 5.82 Å². The SMILES string of the molecule is OC(Cc1ccc(F)c(Cl)c1)c1ccc(Br)cc1Cl. The first kappa shape index (κ1) is 14.8. The van der Waals surface area contributed by atoms with Gasteiger partial charge in [-0.25, -0.2) is 4.39 Å². The van der Waals surface area contributed by atoms with Gasteiger partial charge in [0.2, 0.25) is 0 Å². The van der Waals surface area contributed by atoms with Crippen LogP contribution in [0.4, 0.5) is 4.39 Å². The maximum Gasteiger partial charge on any atom is 0.141 e. The Morgan fingerprint density at radius 2 is 1.84 bits per heavy atom. The topological polar surface area (TPSA) is 20.2 Å². The molecule has 0 fully saturated rings. The summed E-state index contributed by atoms with van der Waals surface area (Å²) in [5, 5.41) is 10.7. The summed E-state index contributed by atoms with van der Waals surface area (Å²) in [7, 11) is 0. The molecule has 0 aliphatic rings. The Morgan fingerprint density at radius 3 is 2.47 bits per heavy atom. The maximum absolute atomic E-state index is 13.0. The van der Waals surface area contributed by atoms with Crippen LogP contribution in [0.25, 0.3) is 0 Å². The van der Waals surface area contributed by atoms with Crippen LogP contribution in [0.2, 0.25) is 10.0 Å². The maximum atomic E-state index is 13.0. The van der Waals surface area contributed by atoms with Crippen molar-refractivity contribution < 1.29 is 9.50 Å². The van der Waals surface area contributed by atoms with Crippen molar-refractivity contribution in [1.29, 1.82) is 0 Å². The van der Waals surface area contributed by atoms with E-state index in [-0.39, 0.29) is 5.02 Å². The summed E-state index contributed by atoms with van der Waals surface area (Å²) < 4.78 is 13.9. The van der Waals surface area contributed by atoms with Crippen molar-refractivity contribution >= 4 is 39.1 Å². The van der Waals surface area contributed by atoms with E-state index in [2.05, 4.69) is 15.9 Å². The van der Waals surface area contributed by atoms with Crippen molar-refractivity contribution in [2.75, 3.05) is 0 Å². The second-order valence-corrected chi connectivity index (χ2v) is 5.86. The number of rotatable bonds is 3. The average Bonchev–Trinajstić information content (AvgIpc) is 2.33. The van der Waals surface area contributed by atoms with E-state index in [9.17, 15) is 9.50 Å². The van der Waals surface area contributed by atoms with Gasteiger partial charge in [-0.3, -0.25) is 0 Å². The second kappa shape index (κ2) is 6.23. The molecule has 2 rings (SSSR count). The van der Waals surface area contributed by atoms with Crippen molar-refractivity contribution in [3.8, 4) is 0 Å². The van der Waals surface area contributed by atoms with Gasteiger partial charge < -0.3 is 5.11 Å². The first-order valence-electron chi connectivity index (χ1n) is 5.54. The molecule has 2 aromatic carbocycles. The number of aliphatic hydroxyl groups is 1. The van der Waals surface area contributed by atoms with Crippen LogP contribution in [0.15, 0.2) is 40.9 Å². The van der Waals surface area contributed by atoms with Crippen LogP contribution >= 0.6 is 39.1 Å². The van der Waals surface area contributed by atoms with E-state index in [0.717, 1.165) is 10.0 Å². The van der Waals surface area contributed by atoms with Gasteiger partial charge in [-0.1, -0.05) is 51.3 Å². The van der Waals surface area contributed by atoms with Gasteiger partial charge in [-0.2, -0.15) is 0 Å². The van der Waals surface area contributed by atoms with E-state index in [1.54, 1.807) is 18.2 Å². The summed E-state index contributed by atoms with van der Waals surface area (Å²) in [4.78, 5) is 0. The van der Waals surface area contributed by atoms with Crippen molar-refractivity contribution in [3.05, 3.63) is 67.9 Å². The summed E-state index contributed by atoms with van der Waals surface area (Å²) in [5.74, 6) is -0.471. The first-order chi connectivity index (χ1) is 8.97. The Kier molecular flexibility index (Phi) is 4.85. The lowest BCUT2D eigenvalue weighted by atomic mass is 10.0. The third-order valence-electron chi connectivity index (χ3n) is 2.73. The smallest absolute Gasteiger partial charge is 0.141 e. The standard InChI is InChI=1S/C14H10BrCl2FO/c15-9-2-3-10(11(16)7-9)14(19)6-8-1-4-13(18)12(17)5-8/h1-5,7,14,19H,6H2. The van der Waals surface area contributed by atoms with Gasteiger partial charge in [0.05, 0.1) is 11.1 Å². The first-order valence-corrected chi connectivity index (χ1v) is 7.09. The van der Waals surface area contributed by atoms with Gasteiger partial charge in [-0.05, 0) is 35.4 Å². The third kappa shape index (κ3) is 3.69. The molecular weight excluding hydrogens is 354 g/mol. The molecular formula is C14H10BrCl2FO. The fourth-order valence-corrected chi connectivity index (χ4v) is 2.77. The predicted octanol–water partition coefficient (Wildman–Crippen LogP) is 5.17. The van der Waals surface area contributed by atoms with Crippen molar-refractivity contribution in [2.24, 2.45) is 0 Å². The quantitative estimate of drug-likeness (QED) is 0.797. The molecule has 0 heterocycles. The monoisotopic (exact) mass is 362 g/mol. The fourth-order valence-electron chi connectivity index (χ4n) is 1.77. The molecule has 0 aromatic heterocycles. The van der Waals surface area contributed by atoms with Crippen LogP contribution in [0.5, 0.6) is 0 Å². The molecule has 1 atom stereocenters. The molecule has 1 nitrogen and oxygen atoms in total. The predicted molar refractivity (Wildman–Crippen MR) is 79.2 cm³/mol. The van der Waals surface area contributed by atoms with Gasteiger partial charge in [0.15, 0.2) is 0 Å². The zero-order valence-corrected chi connectivity index (χ0v) is 12.8. The van der Waals surface area contributed by atoms with Crippen molar-refractivity contribution in [2.45, 2.75) is 12.5 Å². The minimum Gasteiger partial charge on any atom is -0.388 e. The Labute approximate surface area is 129 Å². The molecule has 100 valence electrons. The zero-order chi connectivity index (χ0) is 14.0. The number of aliphatic hydroxyl groups excluding tert-OH is 1. The van der Waals surface area contributed by atoms with Crippen LogP contribution in [-0.4, -0.2) is 5.11 Å². The average molecular weight is 364 g/mol. The van der Waals surface area contributed by atoms with Gasteiger partial charge in [0.25, 0.3) is 0 Å². The summed E-state index contributed by atoms with van der Waals surface area (Å²) in [6, 6.07) is 9.67. The van der Waals surface area contributed by atoms with Crippen molar-refractivity contribution in [3.63, 3.8) is 0 Å². The fraction of sp³-hybridized carbons (Fsp3) is 0.143. The Balaban J connectivity index is 2.20. The van der Waals surface area contributed by atoms with E-state index in [4.69, 9.17) is 23.2 Å². The molecule has 0 bridgehead atoms. The van der Waals surface area contributed by atoms with Gasteiger partial charge in [0, 0.05) is 15.9 Å². The summed E-state index contributed by atoms with van der Waals surface area (Å²) in [6.07, 6.45) is -0.441. The van der Waals surface area contributed by atoms with E-state index in [1.165, 1.54) is 12.1 Å². The van der Waals surface area contributed by atoms with Gasteiger partial charge in [-0.15, -0.1) is 0 Å². The van der Waals surface area contributed by atoms with Gasteiger partial charge in [0.1, 0.15) is 5.82 Å². The van der Waals surface area contributed by atoms with Crippen LogP contribution in [0.1, 0.15) is 17.2 Å². The van der Waals surface area contributed by atoms with Crippen LogP contribution in [0.3, 0.4) is 0 Å². The second-order valence-electron chi connectivity index (χ2n) is 4.13. The molecule has 1 unspecified atom stereocenters. The molecule has 0 amide bonds. The highest BCUT2D eigenvalue weighted by atomic mass is 79.9. The minimum atomic E-state index is -0.762. The number of hydrogen-bond acceptors (Lipinski definition) is 1. The molecule has 1 N–H and O–H groups in total. The normalized spacial score (nSPS) is 12.5. The third-order valence-corrected chi connectivity index (χ3v) is 3.84. The molecule has 0 aliphatic carbocycles. The molecule has 0 spiro atoms. The van der Waals surface area contributed by atoms with E-state index >= 15 is 0 Å². The molecule has 0 saturated heterocycles. The Morgan fingerprint density at radius 1 is 1.11 bits per heavy atom. The molecule has 0 radical (unpaired) electrons. The Hall–Kier alpha value is -0.610. The van der Waals surface area contributed by atoms with Crippen LogP contribution in [-0.2, 0) is 6.42 Å². The highest BCUT2D eigenvalue weighted by molar-refractivity contribution is 9.10. The molecule has 0 aliphatic heterocycles. The molecule has 0 saturated carbocycles. The van der Waals surface area contributed by atoms with E-state index in [1.807, 2.05) is 6.07 Å². The molecule has 5 heteroatoms. The lowest BCUT2D eigenvalue weighted by Gasteiger charge is -2.13. The largest absolute Gasteiger partial charge is 0.388 e. The Bertz CT molecular complexity index is 604. The summed E-state index contributed by atoms with van der Waals surface area (Å²) in [6.45, 7) is 0. The van der Waals surface area contributed by atoms with E-state index in [0.29, 0.717) is 17.0 Å². The summed E-state index contributed by atoms with van der Waals surface area (Å²) in [5.41, 5.74) is 1.38. The highest BCUT2D eigenvalue weighted by Crippen LogP contribution is 2.29. The number of benzene rings is 2. The summed E-state index contributed by atoms with van der Waals surface area (Å²) >= 11 is 15.1. The molecule has 19 heavy (non-hydrogen) atoms. The molecule has 2 aromatic rings.